The van der Waals surface area contributed by atoms with Crippen LogP contribution in [0.25, 0.3) is 0 Å². The molecule has 1 aromatic heterocycles. The summed E-state index contributed by atoms with van der Waals surface area (Å²) in [6.07, 6.45) is 0. The molecule has 0 unspecified atom stereocenters. The lowest BCUT2D eigenvalue weighted by Gasteiger charge is -2.01. The summed E-state index contributed by atoms with van der Waals surface area (Å²) in [5, 5.41) is 7.95. The van der Waals surface area contributed by atoms with Gasteiger partial charge in [-0.15, -0.1) is 5.10 Å². The zero-order chi connectivity index (χ0) is 10.8. The molecular weight excluding hydrogens is 284 g/mol. The minimum atomic E-state index is -0.275. The largest absolute Gasteiger partial charge is 0.228 e. The fraction of sp³-hybridized carbons (Fsp3) is 0.111. The van der Waals surface area contributed by atoms with E-state index in [-0.39, 0.29) is 5.82 Å². The van der Waals surface area contributed by atoms with Crippen LogP contribution in [0.15, 0.2) is 28.9 Å². The van der Waals surface area contributed by atoms with Crippen LogP contribution in [0.2, 0.25) is 5.15 Å². The molecule has 0 radical (unpaired) electrons. The van der Waals surface area contributed by atoms with E-state index in [2.05, 4.69) is 26.2 Å². The molecule has 2 rings (SSSR count). The molecule has 0 N–H and O–H groups in total. The van der Waals surface area contributed by atoms with Gasteiger partial charge in [-0.3, -0.25) is 0 Å². The SMILES string of the molecule is Fc1cccc(Cn2nnc(Br)c2Cl)c1. The third kappa shape index (κ3) is 2.35. The molecule has 78 valence electrons. The molecule has 15 heavy (non-hydrogen) atoms. The number of rotatable bonds is 2. The average Bonchev–Trinajstić information content (AvgIpc) is 2.50. The Morgan fingerprint density at radius 3 is 2.87 bits per heavy atom. The topological polar surface area (TPSA) is 30.7 Å². The van der Waals surface area contributed by atoms with Crippen molar-refractivity contribution < 1.29 is 4.39 Å². The molecule has 1 heterocycles. The highest BCUT2D eigenvalue weighted by Gasteiger charge is 2.07. The summed E-state index contributed by atoms with van der Waals surface area (Å²) in [5.74, 6) is -0.275. The van der Waals surface area contributed by atoms with Gasteiger partial charge in [0.2, 0.25) is 0 Å². The second kappa shape index (κ2) is 4.28. The van der Waals surface area contributed by atoms with Gasteiger partial charge < -0.3 is 0 Å². The molecule has 0 bridgehead atoms. The van der Waals surface area contributed by atoms with Crippen molar-refractivity contribution in [3.63, 3.8) is 0 Å². The maximum absolute atomic E-state index is 12.9. The molecule has 1 aromatic carbocycles. The molecule has 2 aromatic rings. The molecule has 0 aliphatic heterocycles. The lowest BCUT2D eigenvalue weighted by Crippen LogP contribution is -2.02. The van der Waals surface area contributed by atoms with Gasteiger partial charge >= 0.3 is 0 Å². The highest BCUT2D eigenvalue weighted by molar-refractivity contribution is 9.10. The second-order valence-electron chi connectivity index (χ2n) is 2.96. The number of halogens is 3. The maximum atomic E-state index is 12.9. The van der Waals surface area contributed by atoms with Crippen LogP contribution in [0.5, 0.6) is 0 Å². The first-order chi connectivity index (χ1) is 7.16. The first kappa shape index (κ1) is 10.6. The van der Waals surface area contributed by atoms with Crippen LogP contribution in [0, 0.1) is 5.82 Å². The van der Waals surface area contributed by atoms with Crippen molar-refractivity contribution in [3.8, 4) is 0 Å². The van der Waals surface area contributed by atoms with E-state index in [9.17, 15) is 4.39 Å². The predicted octanol–water partition coefficient (Wildman–Crippen LogP) is 2.88. The van der Waals surface area contributed by atoms with Gasteiger partial charge in [-0.05, 0) is 33.6 Å². The summed E-state index contributed by atoms with van der Waals surface area (Å²) in [4.78, 5) is 0. The van der Waals surface area contributed by atoms with Gasteiger partial charge in [0.1, 0.15) is 5.82 Å². The molecule has 0 aliphatic rings. The zero-order valence-corrected chi connectivity index (χ0v) is 9.83. The van der Waals surface area contributed by atoms with E-state index >= 15 is 0 Å². The Morgan fingerprint density at radius 2 is 2.27 bits per heavy atom. The van der Waals surface area contributed by atoms with Gasteiger partial charge in [0, 0.05) is 0 Å². The molecule has 0 saturated heterocycles. The van der Waals surface area contributed by atoms with Gasteiger partial charge in [0.05, 0.1) is 6.54 Å². The molecular formula is C9H6BrClFN3. The summed E-state index contributed by atoms with van der Waals surface area (Å²) in [6, 6.07) is 6.27. The van der Waals surface area contributed by atoms with Crippen LogP contribution in [-0.4, -0.2) is 15.0 Å². The summed E-state index contributed by atoms with van der Waals surface area (Å²) in [6.45, 7) is 0.398. The summed E-state index contributed by atoms with van der Waals surface area (Å²) in [5.41, 5.74) is 0.786. The van der Waals surface area contributed by atoms with E-state index in [1.165, 1.54) is 16.8 Å². The van der Waals surface area contributed by atoms with Gasteiger partial charge in [-0.25, -0.2) is 9.07 Å². The predicted molar refractivity (Wildman–Crippen MR) is 58.2 cm³/mol. The Morgan fingerprint density at radius 1 is 1.47 bits per heavy atom. The first-order valence-corrected chi connectivity index (χ1v) is 5.33. The Balaban J connectivity index is 2.26. The highest BCUT2D eigenvalue weighted by Crippen LogP contribution is 2.19. The molecule has 0 aliphatic carbocycles. The molecule has 0 saturated carbocycles. The van der Waals surface area contributed by atoms with E-state index in [4.69, 9.17) is 11.6 Å². The fourth-order valence-corrected chi connectivity index (χ4v) is 1.60. The first-order valence-electron chi connectivity index (χ1n) is 4.16. The lowest BCUT2D eigenvalue weighted by molar-refractivity contribution is 0.614. The molecule has 0 spiro atoms. The van der Waals surface area contributed by atoms with E-state index in [0.29, 0.717) is 16.3 Å². The normalized spacial score (nSPS) is 10.6. The number of hydrogen-bond acceptors (Lipinski definition) is 2. The third-order valence-corrected chi connectivity index (χ3v) is 3.00. The van der Waals surface area contributed by atoms with Crippen molar-refractivity contribution in [2.24, 2.45) is 0 Å². The smallest absolute Gasteiger partial charge is 0.167 e. The van der Waals surface area contributed by atoms with Crippen LogP contribution >= 0.6 is 27.5 Å². The third-order valence-electron chi connectivity index (χ3n) is 1.86. The van der Waals surface area contributed by atoms with E-state index in [1.807, 2.05) is 0 Å². The van der Waals surface area contributed by atoms with Crippen molar-refractivity contribution in [1.29, 1.82) is 0 Å². The van der Waals surface area contributed by atoms with Gasteiger partial charge in [-0.1, -0.05) is 28.9 Å². The average molecular weight is 291 g/mol. The Labute approximate surface area is 99.0 Å². The van der Waals surface area contributed by atoms with Crippen LogP contribution in [0.3, 0.4) is 0 Å². The van der Waals surface area contributed by atoms with Gasteiger partial charge in [0.25, 0.3) is 0 Å². The lowest BCUT2D eigenvalue weighted by atomic mass is 10.2. The van der Waals surface area contributed by atoms with E-state index in [0.717, 1.165) is 5.56 Å². The Bertz CT molecular complexity index is 486. The number of nitrogens with zero attached hydrogens (tertiary/aromatic N) is 3. The van der Waals surface area contributed by atoms with Crippen LogP contribution < -0.4 is 0 Å². The van der Waals surface area contributed by atoms with Gasteiger partial charge in [-0.2, -0.15) is 0 Å². The minimum Gasteiger partial charge on any atom is -0.228 e. The quantitative estimate of drug-likeness (QED) is 0.851. The molecule has 6 heteroatoms. The summed E-state index contributed by atoms with van der Waals surface area (Å²) < 4.78 is 14.9. The second-order valence-corrected chi connectivity index (χ2v) is 4.07. The van der Waals surface area contributed by atoms with Crippen molar-refractivity contribution in [3.05, 3.63) is 45.4 Å². The molecule has 0 amide bonds. The van der Waals surface area contributed by atoms with E-state index in [1.54, 1.807) is 12.1 Å². The number of aromatic nitrogens is 3. The van der Waals surface area contributed by atoms with Crippen molar-refractivity contribution >= 4 is 27.5 Å². The summed E-state index contributed by atoms with van der Waals surface area (Å²) >= 11 is 9.04. The minimum absolute atomic E-state index is 0.275. The number of hydrogen-bond donors (Lipinski definition) is 0. The summed E-state index contributed by atoms with van der Waals surface area (Å²) in [7, 11) is 0. The molecule has 3 nitrogen and oxygen atoms in total. The Kier molecular flexibility index (Phi) is 3.02. The molecule has 0 fully saturated rings. The van der Waals surface area contributed by atoms with Crippen molar-refractivity contribution in [2.45, 2.75) is 6.54 Å². The Hall–Kier alpha value is -0.940. The van der Waals surface area contributed by atoms with Crippen LogP contribution in [0.1, 0.15) is 5.56 Å². The van der Waals surface area contributed by atoms with Crippen molar-refractivity contribution in [2.75, 3.05) is 0 Å². The fourth-order valence-electron chi connectivity index (χ4n) is 1.19. The standard InChI is InChI=1S/C9H6BrClFN3/c10-8-9(11)15(14-13-8)5-6-2-1-3-7(12)4-6/h1-4H,5H2. The zero-order valence-electron chi connectivity index (χ0n) is 7.49. The maximum Gasteiger partial charge on any atom is 0.167 e. The highest BCUT2D eigenvalue weighted by atomic mass is 79.9. The monoisotopic (exact) mass is 289 g/mol. The van der Waals surface area contributed by atoms with E-state index < -0.39 is 0 Å². The van der Waals surface area contributed by atoms with Crippen LogP contribution in [0.4, 0.5) is 4.39 Å². The number of benzene rings is 1. The van der Waals surface area contributed by atoms with Crippen LogP contribution in [-0.2, 0) is 6.54 Å². The van der Waals surface area contributed by atoms with Crippen molar-refractivity contribution in [1.82, 2.24) is 15.0 Å². The molecule has 0 atom stereocenters. The van der Waals surface area contributed by atoms with Gasteiger partial charge in [0.15, 0.2) is 9.76 Å².